The van der Waals surface area contributed by atoms with Crippen LogP contribution in [0, 0.1) is 20.8 Å². The number of aryl methyl sites for hydroxylation is 2. The number of carbonyl (C=O) groups excluding carboxylic acids is 2. The van der Waals surface area contributed by atoms with Crippen LogP contribution in [0.1, 0.15) is 112 Å². The van der Waals surface area contributed by atoms with Gasteiger partial charge in [0.25, 0.3) is 11.8 Å². The number of hydrogen-bond donors (Lipinski definition) is 2. The molecular formula is C52H58ClN11O7S2. The minimum atomic E-state index is -3.73. The number of anilines is 3. The van der Waals surface area contributed by atoms with E-state index in [1.165, 1.54) is 12.1 Å². The predicted octanol–water partition coefficient (Wildman–Crippen LogP) is 8.29. The standard InChI is InChI=1S/C52H58ClN11O7S2/c1-32-29-63-47(27-43(56-63)45-15-9-11-22-61(45)52(66)40-26-37(53)18-20-42(40)59-73(5,69)70)55-50(32)60-24-21-38(30-60)71-31-35-17-19-41(58-72(4,67)68)39(25-35)51(65)62-23-12-10-16-46(62)44-28-48-54-34(3)33(2)49(64(48)57-44)36-13-7-6-8-14-36/h6-8,13-14,17-20,25-29,38,45-46,58-59H,9-12,15-16,21-24,30-31H2,1-5H3. The van der Waals surface area contributed by atoms with E-state index in [9.17, 15) is 26.4 Å². The fraction of sp³-hybridized carbons (Fsp3) is 0.385. The minimum absolute atomic E-state index is 0.161. The van der Waals surface area contributed by atoms with E-state index >= 15 is 0 Å². The van der Waals surface area contributed by atoms with E-state index in [1.54, 1.807) is 33.7 Å². The van der Waals surface area contributed by atoms with Crippen molar-refractivity contribution in [1.29, 1.82) is 0 Å². The second-order valence-corrected chi connectivity index (χ2v) is 23.4. The van der Waals surface area contributed by atoms with Crippen LogP contribution in [0.25, 0.3) is 22.6 Å². The third-order valence-corrected chi connectivity index (χ3v) is 15.4. The van der Waals surface area contributed by atoms with Gasteiger partial charge in [0, 0.05) is 66.4 Å². The van der Waals surface area contributed by atoms with Gasteiger partial charge < -0.3 is 19.4 Å². The number of carbonyl (C=O) groups is 2. The van der Waals surface area contributed by atoms with Crippen LogP contribution in [-0.2, 0) is 31.4 Å². The van der Waals surface area contributed by atoms with Crippen LogP contribution in [-0.4, -0.2) is 112 Å². The van der Waals surface area contributed by atoms with Crippen molar-refractivity contribution in [2.75, 3.05) is 53.0 Å². The molecule has 21 heteroatoms. The van der Waals surface area contributed by atoms with Gasteiger partial charge in [0.15, 0.2) is 11.3 Å². The zero-order chi connectivity index (χ0) is 51.3. The summed E-state index contributed by atoms with van der Waals surface area (Å²) in [5.41, 5.74) is 8.97. The van der Waals surface area contributed by atoms with E-state index in [2.05, 4.69) is 26.5 Å². The number of sulfonamides is 2. The molecule has 2 amide bonds. The maximum atomic E-state index is 14.8. The van der Waals surface area contributed by atoms with Gasteiger partial charge >= 0.3 is 0 Å². The molecular weight excluding hydrogens is 990 g/mol. The first kappa shape index (κ1) is 49.9. The molecule has 3 saturated heterocycles. The van der Waals surface area contributed by atoms with Crippen molar-refractivity contribution in [3.8, 4) is 11.3 Å². The Hall–Kier alpha value is -6.61. The van der Waals surface area contributed by atoms with Crippen molar-refractivity contribution in [2.45, 2.75) is 90.5 Å². The Kier molecular flexibility index (Phi) is 13.7. The zero-order valence-corrected chi connectivity index (χ0v) is 43.8. The summed E-state index contributed by atoms with van der Waals surface area (Å²) in [6, 6.07) is 22.9. The molecule has 18 nitrogen and oxygen atoms in total. The lowest BCUT2D eigenvalue weighted by atomic mass is 9.97. The molecule has 7 heterocycles. The second-order valence-electron chi connectivity index (χ2n) is 19.5. The monoisotopic (exact) mass is 1050 g/mol. The first-order chi connectivity index (χ1) is 34.9. The average molecular weight is 1050 g/mol. The number of nitrogens with one attached hydrogen (secondary N) is 2. The van der Waals surface area contributed by atoms with E-state index in [0.29, 0.717) is 61.0 Å². The number of aromatic nitrogens is 6. The number of nitrogens with zero attached hydrogens (tertiary/aromatic N) is 9. The highest BCUT2D eigenvalue weighted by atomic mass is 35.5. The number of halogens is 1. The van der Waals surface area contributed by atoms with Crippen LogP contribution in [0.5, 0.6) is 0 Å². The highest BCUT2D eigenvalue weighted by Crippen LogP contribution is 2.37. The van der Waals surface area contributed by atoms with E-state index in [1.807, 2.05) is 66.7 Å². The molecule has 0 radical (unpaired) electrons. The van der Waals surface area contributed by atoms with Crippen molar-refractivity contribution >= 4 is 71.9 Å². The van der Waals surface area contributed by atoms with E-state index in [0.717, 1.165) is 89.8 Å². The van der Waals surface area contributed by atoms with Gasteiger partial charge in [-0.1, -0.05) is 48.0 Å². The summed E-state index contributed by atoms with van der Waals surface area (Å²) >= 11 is 6.31. The molecule has 3 fully saturated rings. The van der Waals surface area contributed by atoms with Crippen molar-refractivity contribution in [3.63, 3.8) is 0 Å². The maximum absolute atomic E-state index is 14.8. The van der Waals surface area contributed by atoms with Crippen LogP contribution < -0.4 is 14.3 Å². The van der Waals surface area contributed by atoms with E-state index in [-0.39, 0.29) is 59.1 Å². The number of piperidine rings is 2. The van der Waals surface area contributed by atoms with Crippen LogP contribution in [0.2, 0.25) is 5.02 Å². The van der Waals surface area contributed by atoms with Crippen LogP contribution in [0.15, 0.2) is 85.1 Å². The Labute approximate surface area is 429 Å². The lowest BCUT2D eigenvalue weighted by Gasteiger charge is -2.35. The molecule has 0 bridgehead atoms. The lowest BCUT2D eigenvalue weighted by molar-refractivity contribution is 0.0549. The molecule has 10 rings (SSSR count). The van der Waals surface area contributed by atoms with Crippen molar-refractivity contribution < 1.29 is 31.2 Å². The summed E-state index contributed by atoms with van der Waals surface area (Å²) in [5, 5.41) is 10.3. The number of fused-ring (bicyclic) bond motifs is 2. The molecule has 3 unspecified atom stereocenters. The summed E-state index contributed by atoms with van der Waals surface area (Å²) in [7, 11) is -7.40. The number of amides is 2. The fourth-order valence-electron chi connectivity index (χ4n) is 10.5. The van der Waals surface area contributed by atoms with Crippen LogP contribution in [0.3, 0.4) is 0 Å². The van der Waals surface area contributed by atoms with Gasteiger partial charge in [0.2, 0.25) is 20.0 Å². The molecule has 3 aromatic carbocycles. The fourth-order valence-corrected chi connectivity index (χ4v) is 11.8. The van der Waals surface area contributed by atoms with Gasteiger partial charge in [-0.15, -0.1) is 0 Å². The number of likely N-dealkylation sites (tertiary alicyclic amines) is 2. The molecule has 4 aromatic heterocycles. The Bertz CT molecular complexity index is 3510. The van der Waals surface area contributed by atoms with Crippen molar-refractivity contribution in [2.24, 2.45) is 0 Å². The zero-order valence-electron chi connectivity index (χ0n) is 41.4. The topological polar surface area (TPSA) is 206 Å². The molecule has 382 valence electrons. The lowest BCUT2D eigenvalue weighted by Crippen LogP contribution is -2.39. The average Bonchev–Trinajstić information content (AvgIpc) is 4.12. The van der Waals surface area contributed by atoms with E-state index < -0.39 is 20.0 Å². The highest BCUT2D eigenvalue weighted by molar-refractivity contribution is 7.92. The van der Waals surface area contributed by atoms with Crippen LogP contribution in [0.4, 0.5) is 17.2 Å². The van der Waals surface area contributed by atoms with Gasteiger partial charge in [-0.25, -0.2) is 35.8 Å². The van der Waals surface area contributed by atoms with Gasteiger partial charge in [-0.05, 0) is 107 Å². The minimum Gasteiger partial charge on any atom is -0.372 e. The molecule has 3 atom stereocenters. The van der Waals surface area contributed by atoms with Gasteiger partial charge in [0.05, 0.1) is 76.9 Å². The molecule has 0 saturated carbocycles. The molecule has 0 spiro atoms. The Morgan fingerprint density at radius 3 is 1.99 bits per heavy atom. The first-order valence-corrected chi connectivity index (χ1v) is 28.7. The molecule has 73 heavy (non-hydrogen) atoms. The Morgan fingerprint density at radius 2 is 1.33 bits per heavy atom. The Balaban J connectivity index is 0.854. The van der Waals surface area contributed by atoms with E-state index in [4.69, 9.17) is 36.5 Å². The molecule has 3 aliphatic rings. The second kappa shape index (κ2) is 20.0. The largest absolute Gasteiger partial charge is 0.372 e. The summed E-state index contributed by atoms with van der Waals surface area (Å²) in [6.07, 6.45) is 9.33. The first-order valence-electron chi connectivity index (χ1n) is 24.5. The number of benzene rings is 3. The smallest absolute Gasteiger partial charge is 0.256 e. The van der Waals surface area contributed by atoms with Gasteiger partial charge in [-0.3, -0.25) is 19.0 Å². The predicted molar refractivity (Wildman–Crippen MR) is 281 cm³/mol. The third kappa shape index (κ3) is 10.6. The summed E-state index contributed by atoms with van der Waals surface area (Å²) in [5.74, 6) is 0.147. The molecule has 7 aromatic rings. The van der Waals surface area contributed by atoms with Crippen LogP contribution >= 0.6 is 11.6 Å². The molecule has 0 aliphatic carbocycles. The maximum Gasteiger partial charge on any atom is 0.256 e. The summed E-state index contributed by atoms with van der Waals surface area (Å²) in [4.78, 5) is 44.7. The highest BCUT2D eigenvalue weighted by Gasteiger charge is 2.35. The van der Waals surface area contributed by atoms with Gasteiger partial charge in [-0.2, -0.15) is 10.2 Å². The Morgan fingerprint density at radius 1 is 0.712 bits per heavy atom. The number of hydrogen-bond acceptors (Lipinski definition) is 12. The molecule has 2 N–H and O–H groups in total. The SMILES string of the molecule is Cc1cn2nc(C3CCCCN3C(=O)c3cc(Cl)ccc3NS(C)(=O)=O)cc2nc1N1CCC(OCc2ccc(NS(C)(=O)=O)c(C(=O)N3CCCCC3c3cc4nc(C)c(C)c(-c5ccccc5)n4n3)c2)C1. The molecule has 3 aliphatic heterocycles. The number of ether oxygens (including phenoxy) is 1. The summed E-state index contributed by atoms with van der Waals surface area (Å²) < 4.78 is 64.8. The van der Waals surface area contributed by atoms with Crippen molar-refractivity contribution in [1.82, 2.24) is 39.0 Å². The van der Waals surface area contributed by atoms with Crippen molar-refractivity contribution in [3.05, 3.63) is 135 Å². The number of rotatable bonds is 13. The summed E-state index contributed by atoms with van der Waals surface area (Å²) in [6.45, 7) is 8.39. The van der Waals surface area contributed by atoms with Gasteiger partial charge in [0.1, 0.15) is 5.82 Å². The third-order valence-electron chi connectivity index (χ3n) is 14.0. The normalized spacial score (nSPS) is 18.7. The quantitative estimate of drug-likeness (QED) is 0.112.